The summed E-state index contributed by atoms with van der Waals surface area (Å²) in [5.41, 5.74) is 1.05. The molecular formula is C31H34N4O8S2. The van der Waals surface area contributed by atoms with Crippen LogP contribution in [0.15, 0.2) is 53.4 Å². The summed E-state index contributed by atoms with van der Waals surface area (Å²) in [6.07, 6.45) is -0.0290. The molecule has 0 radical (unpaired) electrons. The molecule has 0 saturated carbocycles. The van der Waals surface area contributed by atoms with Gasteiger partial charge in [0.25, 0.3) is 11.6 Å². The van der Waals surface area contributed by atoms with Crippen molar-refractivity contribution in [3.8, 4) is 0 Å². The van der Waals surface area contributed by atoms with Gasteiger partial charge in [-0.15, -0.1) is 23.1 Å². The van der Waals surface area contributed by atoms with Gasteiger partial charge in [0.2, 0.25) is 5.91 Å². The number of benzene rings is 2. The van der Waals surface area contributed by atoms with E-state index in [-0.39, 0.29) is 30.3 Å². The molecule has 1 aliphatic rings. The van der Waals surface area contributed by atoms with E-state index >= 15 is 0 Å². The predicted octanol–water partition coefficient (Wildman–Crippen LogP) is 6.50. The third kappa shape index (κ3) is 8.60. The normalized spacial score (nSPS) is 13.3. The lowest BCUT2D eigenvalue weighted by atomic mass is 10.0. The second kappa shape index (κ2) is 14.1. The third-order valence-corrected chi connectivity index (χ3v) is 8.77. The minimum absolute atomic E-state index is 0.114. The van der Waals surface area contributed by atoms with E-state index < -0.39 is 33.7 Å². The molecule has 2 heterocycles. The highest BCUT2D eigenvalue weighted by Gasteiger charge is 2.33. The standard InChI is InChI=1S/C31H34N4O8S2/c1-6-42-29(38)25-23-14-15-34(30(39)43-31(3,4)5)17-24(23)45-28(25)33-26(36)18(2)44-22-9-7-8-20(16-22)32-27(37)19-10-12-21(13-11-19)35(40)41/h7-13,16,18H,6,14-15,17H2,1-5H3,(H,32,37)(H,33,36). The first kappa shape index (κ1) is 33.5. The van der Waals surface area contributed by atoms with E-state index in [0.29, 0.717) is 34.1 Å². The number of rotatable bonds is 9. The number of nitro groups is 1. The van der Waals surface area contributed by atoms with Crippen molar-refractivity contribution >= 4 is 63.4 Å². The molecule has 12 nitrogen and oxygen atoms in total. The van der Waals surface area contributed by atoms with Crippen LogP contribution in [0.5, 0.6) is 0 Å². The van der Waals surface area contributed by atoms with Crippen molar-refractivity contribution in [2.45, 2.75) is 63.3 Å². The largest absolute Gasteiger partial charge is 0.462 e. The van der Waals surface area contributed by atoms with E-state index in [1.807, 2.05) is 0 Å². The fraction of sp³-hybridized carbons (Fsp3) is 0.355. The first-order chi connectivity index (χ1) is 21.3. The fourth-order valence-electron chi connectivity index (χ4n) is 4.45. The van der Waals surface area contributed by atoms with Gasteiger partial charge in [0, 0.05) is 39.7 Å². The van der Waals surface area contributed by atoms with Gasteiger partial charge in [-0.2, -0.15) is 0 Å². The Labute approximate surface area is 268 Å². The van der Waals surface area contributed by atoms with Crippen LogP contribution in [-0.4, -0.2) is 57.7 Å². The molecule has 0 spiro atoms. The van der Waals surface area contributed by atoms with Gasteiger partial charge in [0.05, 0.1) is 28.9 Å². The maximum absolute atomic E-state index is 13.3. The second-order valence-electron chi connectivity index (χ2n) is 11.1. The zero-order valence-corrected chi connectivity index (χ0v) is 27.1. The number of amides is 3. The van der Waals surface area contributed by atoms with Crippen LogP contribution >= 0.6 is 23.1 Å². The van der Waals surface area contributed by atoms with Gasteiger partial charge in [0.15, 0.2) is 0 Å². The number of ether oxygens (including phenoxy) is 2. The van der Waals surface area contributed by atoms with Crippen LogP contribution in [0.2, 0.25) is 0 Å². The number of nitrogens with zero attached hydrogens (tertiary/aromatic N) is 2. The number of nitrogens with one attached hydrogen (secondary N) is 2. The van der Waals surface area contributed by atoms with E-state index in [1.165, 1.54) is 47.4 Å². The van der Waals surface area contributed by atoms with E-state index in [4.69, 9.17) is 9.47 Å². The molecule has 238 valence electrons. The number of hydrogen-bond donors (Lipinski definition) is 2. The minimum Gasteiger partial charge on any atom is -0.462 e. The molecule has 0 aliphatic carbocycles. The predicted molar refractivity (Wildman–Crippen MR) is 172 cm³/mol. The first-order valence-electron chi connectivity index (χ1n) is 14.2. The van der Waals surface area contributed by atoms with Crippen molar-refractivity contribution < 1.29 is 33.6 Å². The van der Waals surface area contributed by atoms with Gasteiger partial charge in [-0.05, 0) is 76.9 Å². The lowest BCUT2D eigenvalue weighted by Gasteiger charge is -2.30. The van der Waals surface area contributed by atoms with Crippen LogP contribution in [0.25, 0.3) is 0 Å². The molecule has 2 N–H and O–H groups in total. The minimum atomic E-state index is -0.645. The Morgan fingerprint density at radius 3 is 2.47 bits per heavy atom. The fourth-order valence-corrected chi connectivity index (χ4v) is 6.63. The van der Waals surface area contributed by atoms with Crippen LogP contribution in [0.3, 0.4) is 0 Å². The Hall–Kier alpha value is -4.43. The second-order valence-corrected chi connectivity index (χ2v) is 13.6. The number of hydrogen-bond acceptors (Lipinski definition) is 10. The summed E-state index contributed by atoms with van der Waals surface area (Å²) in [5.74, 6) is -1.31. The third-order valence-electron chi connectivity index (χ3n) is 6.54. The maximum atomic E-state index is 13.3. The monoisotopic (exact) mass is 654 g/mol. The molecule has 1 unspecified atom stereocenters. The SMILES string of the molecule is CCOC(=O)c1c(NC(=O)C(C)Sc2cccc(NC(=O)c3ccc([N+](=O)[O-])cc3)c2)sc2c1CCN(C(=O)OC(C)(C)C)C2. The van der Waals surface area contributed by atoms with Crippen LogP contribution in [0.4, 0.5) is 21.2 Å². The van der Waals surface area contributed by atoms with Gasteiger partial charge >= 0.3 is 12.1 Å². The average molecular weight is 655 g/mol. The highest BCUT2D eigenvalue weighted by atomic mass is 32.2. The van der Waals surface area contributed by atoms with E-state index in [9.17, 15) is 29.3 Å². The molecule has 1 aromatic heterocycles. The summed E-state index contributed by atoms with van der Waals surface area (Å²) in [6, 6.07) is 12.2. The van der Waals surface area contributed by atoms with Crippen LogP contribution < -0.4 is 10.6 Å². The number of thioether (sulfide) groups is 1. The lowest BCUT2D eigenvalue weighted by molar-refractivity contribution is -0.384. The van der Waals surface area contributed by atoms with Crippen molar-refractivity contribution in [3.05, 3.63) is 80.2 Å². The number of non-ortho nitro benzene ring substituents is 1. The number of anilines is 2. The summed E-state index contributed by atoms with van der Waals surface area (Å²) in [7, 11) is 0. The maximum Gasteiger partial charge on any atom is 0.410 e. The van der Waals surface area contributed by atoms with Crippen LogP contribution in [0, 0.1) is 10.1 Å². The number of carbonyl (C=O) groups is 4. The molecule has 3 aromatic rings. The van der Waals surface area contributed by atoms with Crippen molar-refractivity contribution in [2.24, 2.45) is 0 Å². The Kier molecular flexibility index (Phi) is 10.5. The molecule has 1 atom stereocenters. The van der Waals surface area contributed by atoms with Crippen molar-refractivity contribution in [3.63, 3.8) is 0 Å². The van der Waals surface area contributed by atoms with Crippen molar-refractivity contribution in [1.29, 1.82) is 0 Å². The number of esters is 1. The first-order valence-corrected chi connectivity index (χ1v) is 15.9. The van der Waals surface area contributed by atoms with Gasteiger partial charge in [-0.25, -0.2) is 9.59 Å². The summed E-state index contributed by atoms with van der Waals surface area (Å²) in [4.78, 5) is 65.1. The van der Waals surface area contributed by atoms with Crippen LogP contribution in [-0.2, 0) is 27.2 Å². The van der Waals surface area contributed by atoms with Crippen LogP contribution in [0.1, 0.15) is 65.8 Å². The zero-order chi connectivity index (χ0) is 32.9. The quantitative estimate of drug-likeness (QED) is 0.114. The Morgan fingerprint density at radius 1 is 1.11 bits per heavy atom. The van der Waals surface area contributed by atoms with Gasteiger partial charge in [0.1, 0.15) is 10.6 Å². The lowest BCUT2D eigenvalue weighted by Crippen LogP contribution is -2.39. The molecule has 0 fully saturated rings. The summed E-state index contributed by atoms with van der Waals surface area (Å²) >= 11 is 2.50. The highest BCUT2D eigenvalue weighted by Crippen LogP contribution is 2.39. The summed E-state index contributed by atoms with van der Waals surface area (Å²) in [6.45, 7) is 9.61. The Morgan fingerprint density at radius 2 is 1.82 bits per heavy atom. The Bertz CT molecular complexity index is 1610. The van der Waals surface area contributed by atoms with E-state index in [1.54, 1.807) is 63.8 Å². The van der Waals surface area contributed by atoms with E-state index in [0.717, 1.165) is 10.4 Å². The highest BCUT2D eigenvalue weighted by molar-refractivity contribution is 8.00. The molecule has 4 rings (SSSR count). The molecule has 1 aliphatic heterocycles. The molecule has 0 bridgehead atoms. The summed E-state index contributed by atoms with van der Waals surface area (Å²) in [5, 5.41) is 16.3. The smallest absolute Gasteiger partial charge is 0.410 e. The van der Waals surface area contributed by atoms with Gasteiger partial charge in [-0.1, -0.05) is 6.07 Å². The Balaban J connectivity index is 1.45. The number of thiophene rings is 1. The zero-order valence-electron chi connectivity index (χ0n) is 25.5. The molecule has 2 aromatic carbocycles. The molecule has 14 heteroatoms. The van der Waals surface area contributed by atoms with Crippen molar-refractivity contribution in [1.82, 2.24) is 4.90 Å². The summed E-state index contributed by atoms with van der Waals surface area (Å²) < 4.78 is 10.8. The molecule has 0 saturated heterocycles. The van der Waals surface area contributed by atoms with E-state index in [2.05, 4.69) is 10.6 Å². The molecule has 45 heavy (non-hydrogen) atoms. The van der Waals surface area contributed by atoms with Gasteiger partial charge < -0.3 is 25.0 Å². The number of carbonyl (C=O) groups excluding carboxylic acids is 4. The number of nitro benzene ring substituents is 1. The number of fused-ring (bicyclic) bond motifs is 1. The average Bonchev–Trinajstić information content (AvgIpc) is 3.33. The topological polar surface area (TPSA) is 157 Å². The molecular weight excluding hydrogens is 620 g/mol. The molecule has 3 amide bonds. The van der Waals surface area contributed by atoms with Gasteiger partial charge in [-0.3, -0.25) is 19.7 Å². The van der Waals surface area contributed by atoms with Crippen molar-refractivity contribution in [2.75, 3.05) is 23.8 Å².